The topological polar surface area (TPSA) is 98.8 Å². The molecule has 2 amide bonds. The van der Waals surface area contributed by atoms with Gasteiger partial charge in [-0.1, -0.05) is 11.6 Å². The number of amides is 2. The first-order valence-electron chi connectivity index (χ1n) is 11.8. The van der Waals surface area contributed by atoms with Crippen molar-refractivity contribution >= 4 is 39.1 Å². The summed E-state index contributed by atoms with van der Waals surface area (Å²) in [5.74, 6) is 0.172. The van der Waals surface area contributed by atoms with E-state index in [1.165, 1.54) is 0 Å². The van der Waals surface area contributed by atoms with Crippen molar-refractivity contribution < 1.29 is 18.0 Å². The SMILES string of the molecule is CN1C(=O)Cc2cc(C(=O)N[C@@H]3C[C@H]4CC[C@@H](C3)N4S(=O)(=O)CC3CCNCC3)c(Cl)cc21. The fourth-order valence-electron chi connectivity index (χ4n) is 6.05. The summed E-state index contributed by atoms with van der Waals surface area (Å²) in [7, 11) is -1.61. The van der Waals surface area contributed by atoms with Gasteiger partial charge in [0.15, 0.2) is 0 Å². The number of halogens is 1. The molecule has 4 aliphatic heterocycles. The summed E-state index contributed by atoms with van der Waals surface area (Å²) in [5, 5.41) is 6.70. The van der Waals surface area contributed by atoms with Gasteiger partial charge in [0.25, 0.3) is 5.91 Å². The zero-order valence-electron chi connectivity index (χ0n) is 18.8. The number of rotatable bonds is 5. The predicted octanol–water partition coefficient (Wildman–Crippen LogP) is 1.91. The van der Waals surface area contributed by atoms with Crippen LogP contribution in [-0.2, 0) is 21.2 Å². The fourth-order valence-corrected chi connectivity index (χ4v) is 8.69. The van der Waals surface area contributed by atoms with E-state index < -0.39 is 10.0 Å². The minimum Gasteiger partial charge on any atom is -0.349 e. The van der Waals surface area contributed by atoms with Crippen molar-refractivity contribution in [3.63, 3.8) is 0 Å². The first kappa shape index (κ1) is 23.1. The Bertz CT molecular complexity index is 1060. The maximum absolute atomic E-state index is 13.2. The number of fused-ring (bicyclic) bond motifs is 3. The Morgan fingerprint density at radius 2 is 1.82 bits per heavy atom. The summed E-state index contributed by atoms with van der Waals surface area (Å²) in [6.07, 6.45) is 5.01. The van der Waals surface area contributed by atoms with Gasteiger partial charge in [-0.15, -0.1) is 0 Å². The molecule has 0 radical (unpaired) electrons. The molecule has 5 rings (SSSR count). The van der Waals surface area contributed by atoms with E-state index >= 15 is 0 Å². The second-order valence-corrected chi connectivity index (χ2v) is 12.2. The number of piperidine rings is 2. The molecule has 10 heteroatoms. The zero-order valence-corrected chi connectivity index (χ0v) is 20.4. The van der Waals surface area contributed by atoms with Gasteiger partial charge in [-0.05, 0) is 75.2 Å². The van der Waals surface area contributed by atoms with Crippen LogP contribution in [-0.4, -0.2) is 68.6 Å². The number of nitrogens with one attached hydrogen (secondary N) is 2. The van der Waals surface area contributed by atoms with E-state index in [-0.39, 0.29) is 48.0 Å². The summed E-state index contributed by atoms with van der Waals surface area (Å²) in [6, 6.07) is 3.19. The smallest absolute Gasteiger partial charge is 0.253 e. The molecule has 2 N–H and O–H groups in total. The molecule has 3 saturated heterocycles. The van der Waals surface area contributed by atoms with Crippen molar-refractivity contribution in [2.45, 2.75) is 63.1 Å². The molecule has 0 aromatic heterocycles. The van der Waals surface area contributed by atoms with E-state index in [1.807, 2.05) is 0 Å². The van der Waals surface area contributed by atoms with Gasteiger partial charge in [0.05, 0.1) is 22.8 Å². The molecule has 1 aromatic carbocycles. The van der Waals surface area contributed by atoms with Gasteiger partial charge in [0.1, 0.15) is 0 Å². The highest BCUT2D eigenvalue weighted by Gasteiger charge is 2.47. The third kappa shape index (κ3) is 4.40. The predicted molar refractivity (Wildman–Crippen MR) is 127 cm³/mol. The van der Waals surface area contributed by atoms with Crippen molar-refractivity contribution in [1.82, 2.24) is 14.9 Å². The lowest BCUT2D eigenvalue weighted by molar-refractivity contribution is -0.117. The zero-order chi connectivity index (χ0) is 23.3. The Hall–Kier alpha value is -1.68. The van der Waals surface area contributed by atoms with Gasteiger partial charge in [-0.2, -0.15) is 4.31 Å². The van der Waals surface area contributed by atoms with Crippen LogP contribution < -0.4 is 15.5 Å². The normalized spacial score (nSPS) is 28.2. The van der Waals surface area contributed by atoms with Crippen LogP contribution in [0.5, 0.6) is 0 Å². The molecule has 0 spiro atoms. The Balaban J connectivity index is 1.25. The molecule has 0 aliphatic carbocycles. The summed E-state index contributed by atoms with van der Waals surface area (Å²) >= 11 is 6.39. The molecule has 1 aromatic rings. The maximum atomic E-state index is 13.2. The van der Waals surface area contributed by atoms with Crippen LogP contribution in [0.4, 0.5) is 5.69 Å². The number of likely N-dealkylation sites (N-methyl/N-ethyl adjacent to an activating group) is 1. The largest absolute Gasteiger partial charge is 0.349 e. The Labute approximate surface area is 200 Å². The highest BCUT2D eigenvalue weighted by Crippen LogP contribution is 2.39. The lowest BCUT2D eigenvalue weighted by atomic mass is 9.99. The van der Waals surface area contributed by atoms with Gasteiger partial charge in [0, 0.05) is 30.9 Å². The number of carbonyl (C=O) groups is 2. The first-order chi connectivity index (χ1) is 15.7. The summed E-state index contributed by atoms with van der Waals surface area (Å²) in [5.41, 5.74) is 1.91. The third-order valence-electron chi connectivity index (χ3n) is 7.72. The van der Waals surface area contributed by atoms with Gasteiger partial charge in [-0.3, -0.25) is 9.59 Å². The highest BCUT2D eigenvalue weighted by atomic mass is 35.5. The molecule has 0 saturated carbocycles. The third-order valence-corrected chi connectivity index (χ3v) is 10.2. The quantitative estimate of drug-likeness (QED) is 0.651. The van der Waals surface area contributed by atoms with Crippen molar-refractivity contribution in [3.8, 4) is 0 Å². The van der Waals surface area contributed by atoms with Gasteiger partial charge < -0.3 is 15.5 Å². The van der Waals surface area contributed by atoms with E-state index in [2.05, 4.69) is 10.6 Å². The lowest BCUT2D eigenvalue weighted by Crippen LogP contribution is -2.53. The second kappa shape index (κ2) is 8.83. The molecule has 4 heterocycles. The van der Waals surface area contributed by atoms with Crippen LogP contribution in [0.3, 0.4) is 0 Å². The second-order valence-electron chi connectivity index (χ2n) is 9.92. The number of carbonyl (C=O) groups excluding carboxylic acids is 2. The van der Waals surface area contributed by atoms with Crippen LogP contribution in [0.15, 0.2) is 12.1 Å². The number of hydrogen-bond donors (Lipinski definition) is 2. The van der Waals surface area contributed by atoms with Crippen molar-refractivity contribution in [3.05, 3.63) is 28.3 Å². The Kier molecular flexibility index (Phi) is 6.18. The number of nitrogens with zero attached hydrogens (tertiary/aromatic N) is 2. The maximum Gasteiger partial charge on any atom is 0.253 e. The van der Waals surface area contributed by atoms with Crippen LogP contribution in [0.25, 0.3) is 0 Å². The number of hydrogen-bond acceptors (Lipinski definition) is 5. The highest BCUT2D eigenvalue weighted by molar-refractivity contribution is 7.89. The van der Waals surface area contributed by atoms with E-state index in [0.717, 1.165) is 50.0 Å². The lowest BCUT2D eigenvalue weighted by Gasteiger charge is -2.39. The monoisotopic (exact) mass is 494 g/mol. The standard InChI is InChI=1S/C23H31ClN4O4S/c1-27-21-12-20(24)19(8-15(21)9-22(27)29)23(30)26-16-10-17-2-3-18(11-16)28(17)33(31,32)13-14-4-6-25-7-5-14/h8,12,14,16-18,25H,2-7,9-11,13H2,1H3,(H,26,30)/t16-,17-,18+. The number of anilines is 1. The van der Waals surface area contributed by atoms with Crippen LogP contribution in [0.2, 0.25) is 5.02 Å². The van der Waals surface area contributed by atoms with Crippen molar-refractivity contribution in [2.75, 3.05) is 30.8 Å². The molecule has 3 atom stereocenters. The Morgan fingerprint density at radius 1 is 1.15 bits per heavy atom. The van der Waals surface area contributed by atoms with E-state index in [9.17, 15) is 18.0 Å². The molecular weight excluding hydrogens is 464 g/mol. The average Bonchev–Trinajstić information content (AvgIpc) is 3.21. The molecule has 180 valence electrons. The van der Waals surface area contributed by atoms with Gasteiger partial charge >= 0.3 is 0 Å². The van der Waals surface area contributed by atoms with Crippen LogP contribution in [0, 0.1) is 5.92 Å². The molecule has 0 unspecified atom stereocenters. The molecule has 8 nitrogen and oxygen atoms in total. The van der Waals surface area contributed by atoms with E-state index in [4.69, 9.17) is 11.6 Å². The van der Waals surface area contributed by atoms with Crippen molar-refractivity contribution in [1.29, 1.82) is 0 Å². The molecular formula is C23H31ClN4O4S. The summed E-state index contributed by atoms with van der Waals surface area (Å²) in [6.45, 7) is 1.77. The first-order valence-corrected chi connectivity index (χ1v) is 13.8. The Morgan fingerprint density at radius 3 is 2.48 bits per heavy atom. The minimum atomic E-state index is -3.31. The van der Waals surface area contributed by atoms with Gasteiger partial charge in [0.2, 0.25) is 15.9 Å². The van der Waals surface area contributed by atoms with E-state index in [1.54, 1.807) is 28.4 Å². The fraction of sp³-hybridized carbons (Fsp3) is 0.652. The summed E-state index contributed by atoms with van der Waals surface area (Å²) in [4.78, 5) is 26.6. The van der Waals surface area contributed by atoms with Crippen LogP contribution >= 0.6 is 11.6 Å². The van der Waals surface area contributed by atoms with Gasteiger partial charge in [-0.25, -0.2) is 8.42 Å². The van der Waals surface area contributed by atoms with E-state index in [0.29, 0.717) is 23.4 Å². The summed E-state index contributed by atoms with van der Waals surface area (Å²) < 4.78 is 28.2. The number of benzene rings is 1. The molecule has 4 aliphatic rings. The molecule has 33 heavy (non-hydrogen) atoms. The van der Waals surface area contributed by atoms with Crippen LogP contribution in [0.1, 0.15) is 54.4 Å². The number of sulfonamides is 1. The molecule has 2 bridgehead atoms. The minimum absolute atomic E-state index is 0.0201. The average molecular weight is 495 g/mol. The van der Waals surface area contributed by atoms with Crippen molar-refractivity contribution in [2.24, 2.45) is 5.92 Å². The molecule has 3 fully saturated rings.